The van der Waals surface area contributed by atoms with E-state index < -0.39 is 6.04 Å². The van der Waals surface area contributed by atoms with E-state index in [2.05, 4.69) is 65.8 Å². The maximum Gasteiger partial charge on any atom is 0.242 e. The van der Waals surface area contributed by atoms with E-state index in [1.165, 1.54) is 25.3 Å². The number of piperidine rings is 1. The Morgan fingerprint density at radius 3 is 2.38 bits per heavy atom. The summed E-state index contributed by atoms with van der Waals surface area (Å²) >= 11 is 0. The summed E-state index contributed by atoms with van der Waals surface area (Å²) in [4.78, 5) is 26.9. The fourth-order valence-corrected chi connectivity index (χ4v) is 4.82. The van der Waals surface area contributed by atoms with Crippen LogP contribution in [0.15, 0.2) is 36.4 Å². The van der Waals surface area contributed by atoms with Crippen LogP contribution in [0.5, 0.6) is 0 Å². The Hall–Kier alpha value is -2.14. The van der Waals surface area contributed by atoms with Crippen molar-refractivity contribution in [2.24, 2.45) is 17.8 Å². The van der Waals surface area contributed by atoms with Gasteiger partial charge in [0.2, 0.25) is 11.8 Å². The molecule has 1 aromatic carbocycles. The molecule has 158 valence electrons. The second-order valence-electron chi connectivity index (χ2n) is 9.05. The molecule has 0 aromatic heterocycles. The first-order chi connectivity index (χ1) is 13.9. The predicted molar refractivity (Wildman–Crippen MR) is 117 cm³/mol. The van der Waals surface area contributed by atoms with E-state index in [4.69, 9.17) is 0 Å². The molecule has 1 aliphatic heterocycles. The molecular weight excluding hydrogens is 362 g/mol. The van der Waals surface area contributed by atoms with Gasteiger partial charge < -0.3 is 10.6 Å². The minimum atomic E-state index is -0.432. The number of likely N-dealkylation sites (tertiary alicyclic amines) is 1. The minimum absolute atomic E-state index is 0.0202. The summed E-state index contributed by atoms with van der Waals surface area (Å²) in [7, 11) is 0. The lowest BCUT2D eigenvalue weighted by molar-refractivity contribution is -0.129. The van der Waals surface area contributed by atoms with Gasteiger partial charge in [0.25, 0.3) is 0 Å². The highest BCUT2D eigenvalue weighted by atomic mass is 16.2. The Kier molecular flexibility index (Phi) is 7.48. The van der Waals surface area contributed by atoms with Crippen LogP contribution in [0.1, 0.15) is 45.6 Å². The van der Waals surface area contributed by atoms with Crippen LogP contribution in [0, 0.1) is 17.8 Å². The first kappa shape index (κ1) is 21.6. The van der Waals surface area contributed by atoms with Gasteiger partial charge in [-0.05, 0) is 42.6 Å². The Bertz CT molecular complexity index is 702. The molecule has 2 bridgehead atoms. The third kappa shape index (κ3) is 6.17. The topological polar surface area (TPSA) is 61.4 Å². The zero-order chi connectivity index (χ0) is 20.8. The van der Waals surface area contributed by atoms with Crippen molar-refractivity contribution in [2.45, 2.75) is 52.1 Å². The maximum atomic E-state index is 12.9. The Labute approximate surface area is 174 Å². The number of hydrogen-bond acceptors (Lipinski definition) is 3. The molecule has 4 atom stereocenters. The maximum absolute atomic E-state index is 12.9. The lowest BCUT2D eigenvalue weighted by Crippen LogP contribution is -2.56. The molecule has 29 heavy (non-hydrogen) atoms. The van der Waals surface area contributed by atoms with Crippen molar-refractivity contribution in [3.8, 4) is 0 Å². The van der Waals surface area contributed by atoms with Gasteiger partial charge in [0.05, 0.1) is 0 Å². The second-order valence-corrected chi connectivity index (χ2v) is 9.05. The molecule has 2 amide bonds. The number of hydrogen-bond donors (Lipinski definition) is 2. The van der Waals surface area contributed by atoms with Gasteiger partial charge in [-0.2, -0.15) is 0 Å². The number of nitrogens with one attached hydrogen (secondary N) is 2. The second kappa shape index (κ2) is 10.1. The van der Waals surface area contributed by atoms with E-state index in [0.717, 1.165) is 19.6 Å². The smallest absolute Gasteiger partial charge is 0.242 e. The summed E-state index contributed by atoms with van der Waals surface area (Å²) in [6.45, 7) is 8.63. The van der Waals surface area contributed by atoms with Crippen LogP contribution in [-0.4, -0.2) is 48.4 Å². The van der Waals surface area contributed by atoms with Crippen LogP contribution >= 0.6 is 0 Å². The van der Waals surface area contributed by atoms with Crippen molar-refractivity contribution >= 4 is 17.9 Å². The van der Waals surface area contributed by atoms with Crippen molar-refractivity contribution < 1.29 is 9.59 Å². The molecule has 0 radical (unpaired) electrons. The first-order valence-corrected chi connectivity index (χ1v) is 10.9. The summed E-state index contributed by atoms with van der Waals surface area (Å²) in [6, 6.07) is 10.2. The minimum Gasteiger partial charge on any atom is -0.351 e. The number of carbonyl (C=O) groups excluding carboxylic acids is 2. The largest absolute Gasteiger partial charge is 0.351 e. The normalized spacial score (nSPS) is 25.3. The van der Waals surface area contributed by atoms with Gasteiger partial charge in [0.1, 0.15) is 6.04 Å². The Morgan fingerprint density at radius 1 is 1.14 bits per heavy atom. The molecular formula is C24H35N3O2. The fraction of sp³-hybridized carbons (Fsp3) is 0.583. The SMILES string of the molecule is CC(=O)N[C@@H](CC(C)C)C(=O)NC1[C@@H]2CC[C@H]1CN(CC=Cc1ccccc1)C2. The Morgan fingerprint density at radius 2 is 1.79 bits per heavy atom. The summed E-state index contributed by atoms with van der Waals surface area (Å²) in [5.74, 6) is 1.19. The summed E-state index contributed by atoms with van der Waals surface area (Å²) in [6.07, 6.45) is 7.43. The molecule has 3 rings (SSSR count). The van der Waals surface area contributed by atoms with Gasteiger partial charge in [-0.3, -0.25) is 14.5 Å². The number of nitrogens with zero attached hydrogens (tertiary/aromatic N) is 1. The molecule has 1 saturated carbocycles. The molecule has 5 heteroatoms. The van der Waals surface area contributed by atoms with Gasteiger partial charge in [-0.25, -0.2) is 0 Å². The quantitative estimate of drug-likeness (QED) is 0.709. The van der Waals surface area contributed by atoms with E-state index in [9.17, 15) is 9.59 Å². The zero-order valence-corrected chi connectivity index (χ0v) is 17.9. The van der Waals surface area contributed by atoms with Crippen LogP contribution < -0.4 is 10.6 Å². The van der Waals surface area contributed by atoms with E-state index in [0.29, 0.717) is 24.2 Å². The Balaban J connectivity index is 1.53. The van der Waals surface area contributed by atoms with Crippen molar-refractivity contribution in [3.05, 3.63) is 42.0 Å². The number of benzene rings is 1. The van der Waals surface area contributed by atoms with Crippen molar-refractivity contribution in [1.82, 2.24) is 15.5 Å². The molecule has 0 spiro atoms. The van der Waals surface area contributed by atoms with Crippen LogP contribution in [0.2, 0.25) is 0 Å². The molecule has 2 aliphatic rings. The number of fused-ring (bicyclic) bond motifs is 2. The average molecular weight is 398 g/mol. The molecule has 1 aliphatic carbocycles. The number of amides is 2. The summed E-state index contributed by atoms with van der Waals surface area (Å²) in [5.41, 5.74) is 1.23. The molecule has 1 unspecified atom stereocenters. The van der Waals surface area contributed by atoms with Gasteiger partial charge >= 0.3 is 0 Å². The zero-order valence-electron chi connectivity index (χ0n) is 17.9. The highest BCUT2D eigenvalue weighted by Crippen LogP contribution is 2.37. The van der Waals surface area contributed by atoms with Crippen molar-refractivity contribution in [2.75, 3.05) is 19.6 Å². The van der Waals surface area contributed by atoms with E-state index in [-0.39, 0.29) is 17.9 Å². The lowest BCUT2D eigenvalue weighted by Gasteiger charge is -2.38. The molecule has 2 N–H and O–H groups in total. The van der Waals surface area contributed by atoms with Gasteiger partial charge in [-0.15, -0.1) is 0 Å². The van der Waals surface area contributed by atoms with Crippen LogP contribution in [-0.2, 0) is 9.59 Å². The summed E-state index contributed by atoms with van der Waals surface area (Å²) < 4.78 is 0. The highest BCUT2D eigenvalue weighted by molar-refractivity contribution is 5.87. The van der Waals surface area contributed by atoms with E-state index in [1.54, 1.807) is 0 Å². The van der Waals surface area contributed by atoms with Crippen LogP contribution in [0.3, 0.4) is 0 Å². The van der Waals surface area contributed by atoms with Crippen LogP contribution in [0.25, 0.3) is 6.08 Å². The highest BCUT2D eigenvalue weighted by Gasteiger charge is 2.43. The summed E-state index contributed by atoms with van der Waals surface area (Å²) in [5, 5.41) is 6.13. The molecule has 1 aromatic rings. The third-order valence-electron chi connectivity index (χ3n) is 6.09. The van der Waals surface area contributed by atoms with Crippen molar-refractivity contribution in [3.63, 3.8) is 0 Å². The first-order valence-electron chi connectivity index (χ1n) is 10.9. The van der Waals surface area contributed by atoms with E-state index >= 15 is 0 Å². The monoisotopic (exact) mass is 397 g/mol. The fourth-order valence-electron chi connectivity index (χ4n) is 4.82. The van der Waals surface area contributed by atoms with Gasteiger partial charge in [-0.1, -0.05) is 56.3 Å². The predicted octanol–water partition coefficient (Wildman–Crippen LogP) is 3.08. The van der Waals surface area contributed by atoms with Gasteiger partial charge in [0.15, 0.2) is 0 Å². The molecule has 2 fully saturated rings. The van der Waals surface area contributed by atoms with Crippen LogP contribution in [0.4, 0.5) is 0 Å². The van der Waals surface area contributed by atoms with Gasteiger partial charge in [0, 0.05) is 32.6 Å². The standard InChI is InChI=1S/C24H35N3O2/c1-17(2)14-22(25-18(3)28)24(29)26-23-20-11-12-21(23)16-27(15-20)13-7-10-19-8-5-4-6-9-19/h4-10,17,20-23H,11-16H2,1-3H3,(H,25,28)(H,26,29)/t20-,21+,22-,23?/m0/s1. The van der Waals surface area contributed by atoms with E-state index in [1.807, 2.05) is 6.07 Å². The molecule has 1 heterocycles. The number of carbonyl (C=O) groups is 2. The molecule has 5 nitrogen and oxygen atoms in total. The number of rotatable bonds is 8. The third-order valence-corrected chi connectivity index (χ3v) is 6.09. The van der Waals surface area contributed by atoms with Crippen molar-refractivity contribution in [1.29, 1.82) is 0 Å². The molecule has 1 saturated heterocycles. The lowest BCUT2D eigenvalue weighted by atomic mass is 9.91. The average Bonchev–Trinajstić information content (AvgIpc) is 2.89.